The Morgan fingerprint density at radius 2 is 1.92 bits per heavy atom. The molecular weight excluding hydrogens is 334 g/mol. The molecule has 0 unspecified atom stereocenters. The van der Waals surface area contributed by atoms with E-state index in [0.29, 0.717) is 6.54 Å². The maximum Gasteiger partial charge on any atom is 0.322 e. The summed E-state index contributed by atoms with van der Waals surface area (Å²) in [6.45, 7) is 0.584. The van der Waals surface area contributed by atoms with Gasteiger partial charge in [0.2, 0.25) is 0 Å². The Morgan fingerprint density at radius 1 is 1.12 bits per heavy atom. The summed E-state index contributed by atoms with van der Waals surface area (Å²) in [6, 6.07) is 8.35. The third kappa shape index (κ3) is 3.80. The van der Waals surface area contributed by atoms with Gasteiger partial charge in [0.05, 0.1) is 25.6 Å². The number of halogens is 2. The van der Waals surface area contributed by atoms with Crippen LogP contribution in [0.1, 0.15) is 10.4 Å². The van der Waals surface area contributed by atoms with Crippen LogP contribution in [-0.2, 0) is 13.1 Å². The molecule has 4 nitrogen and oxygen atoms in total. The molecule has 3 aromatic rings. The molecule has 0 radical (unpaired) electrons. The van der Waals surface area contributed by atoms with E-state index in [1.54, 1.807) is 6.07 Å². The van der Waals surface area contributed by atoms with Crippen LogP contribution in [0.15, 0.2) is 58.7 Å². The summed E-state index contributed by atoms with van der Waals surface area (Å²) in [5, 5.41) is 4.22. The second kappa shape index (κ2) is 7.27. The van der Waals surface area contributed by atoms with Gasteiger partial charge in [0.15, 0.2) is 0 Å². The lowest BCUT2D eigenvalue weighted by Gasteiger charge is -2.22. The van der Waals surface area contributed by atoms with Crippen LogP contribution in [0.2, 0.25) is 0 Å². The van der Waals surface area contributed by atoms with Crippen LogP contribution < -0.4 is 5.32 Å². The number of nitrogens with zero attached hydrogens (tertiary/aromatic N) is 1. The summed E-state index contributed by atoms with van der Waals surface area (Å²) in [5.74, 6) is -1.63. The highest BCUT2D eigenvalue weighted by Gasteiger charge is 2.19. The van der Waals surface area contributed by atoms with Crippen LogP contribution in [0.3, 0.4) is 0 Å². The minimum Gasteiger partial charge on any atom is -0.472 e. The van der Waals surface area contributed by atoms with Crippen molar-refractivity contribution in [3.05, 3.63) is 76.4 Å². The predicted octanol–water partition coefficient (Wildman–Crippen LogP) is 4.85. The van der Waals surface area contributed by atoms with Crippen LogP contribution in [0.5, 0.6) is 0 Å². The van der Waals surface area contributed by atoms with Crippen molar-refractivity contribution in [1.82, 2.24) is 4.90 Å². The Labute approximate surface area is 141 Å². The predicted molar refractivity (Wildman–Crippen MR) is 87.7 cm³/mol. The Kier molecular flexibility index (Phi) is 4.90. The maximum atomic E-state index is 13.7. The van der Waals surface area contributed by atoms with Crippen molar-refractivity contribution < 1.29 is 18.0 Å². The molecule has 0 aliphatic rings. The standard InChI is InChI=1S/C17H14F2N2O2S/c18-14-4-1-5-15(19)16(14)20-17(22)21(9-12-6-7-23-11-12)10-13-3-2-8-24-13/h1-8,11H,9-10H2,(H,20,22). The maximum absolute atomic E-state index is 13.7. The normalized spacial score (nSPS) is 10.6. The Balaban J connectivity index is 1.79. The number of thiophene rings is 1. The van der Waals surface area contributed by atoms with Gasteiger partial charge in [-0.2, -0.15) is 0 Å². The van der Waals surface area contributed by atoms with E-state index in [9.17, 15) is 13.6 Å². The zero-order valence-electron chi connectivity index (χ0n) is 12.5. The first-order valence-electron chi connectivity index (χ1n) is 7.17. The topological polar surface area (TPSA) is 45.5 Å². The highest BCUT2D eigenvalue weighted by atomic mass is 32.1. The summed E-state index contributed by atoms with van der Waals surface area (Å²) in [5.41, 5.74) is 0.335. The van der Waals surface area contributed by atoms with Crippen LogP contribution in [-0.4, -0.2) is 10.9 Å². The van der Waals surface area contributed by atoms with Crippen molar-refractivity contribution in [2.45, 2.75) is 13.1 Å². The number of carbonyl (C=O) groups excluding carboxylic acids is 1. The Bertz CT molecular complexity index is 748. The molecule has 0 fully saturated rings. The van der Waals surface area contributed by atoms with Crippen LogP contribution in [0, 0.1) is 11.6 Å². The number of furan rings is 1. The molecule has 2 amide bonds. The number of carbonyl (C=O) groups is 1. The van der Waals surface area contributed by atoms with Gasteiger partial charge in [-0.05, 0) is 29.6 Å². The number of benzene rings is 1. The number of amides is 2. The van der Waals surface area contributed by atoms with E-state index >= 15 is 0 Å². The lowest BCUT2D eigenvalue weighted by Crippen LogP contribution is -2.34. The van der Waals surface area contributed by atoms with E-state index in [4.69, 9.17) is 4.42 Å². The van der Waals surface area contributed by atoms with Crippen molar-refractivity contribution in [1.29, 1.82) is 0 Å². The van der Waals surface area contributed by atoms with E-state index in [1.165, 1.54) is 34.8 Å². The van der Waals surface area contributed by atoms with Crippen molar-refractivity contribution in [3.63, 3.8) is 0 Å². The molecule has 0 aliphatic heterocycles. The fourth-order valence-electron chi connectivity index (χ4n) is 2.20. The van der Waals surface area contributed by atoms with E-state index < -0.39 is 23.4 Å². The summed E-state index contributed by atoms with van der Waals surface area (Å²) < 4.78 is 32.5. The lowest BCUT2D eigenvalue weighted by atomic mass is 10.3. The minimum atomic E-state index is -0.817. The van der Waals surface area contributed by atoms with Crippen LogP contribution in [0.4, 0.5) is 19.3 Å². The van der Waals surface area contributed by atoms with Gasteiger partial charge < -0.3 is 14.6 Å². The quantitative estimate of drug-likeness (QED) is 0.716. The van der Waals surface area contributed by atoms with Gasteiger partial charge in [-0.3, -0.25) is 0 Å². The summed E-state index contributed by atoms with van der Waals surface area (Å²) in [7, 11) is 0. The first kappa shape index (κ1) is 16.2. The first-order chi connectivity index (χ1) is 11.6. The van der Waals surface area contributed by atoms with Crippen molar-refractivity contribution >= 4 is 23.1 Å². The molecule has 3 rings (SSSR count). The van der Waals surface area contributed by atoms with Gasteiger partial charge >= 0.3 is 6.03 Å². The van der Waals surface area contributed by atoms with Crippen LogP contribution in [0.25, 0.3) is 0 Å². The van der Waals surface area contributed by atoms with Crippen molar-refractivity contribution in [2.75, 3.05) is 5.32 Å². The van der Waals surface area contributed by atoms with Crippen LogP contribution >= 0.6 is 11.3 Å². The van der Waals surface area contributed by atoms with Gasteiger partial charge in [-0.1, -0.05) is 12.1 Å². The van der Waals surface area contributed by atoms with Gasteiger partial charge in [0, 0.05) is 10.4 Å². The van der Waals surface area contributed by atoms with Gasteiger partial charge in [-0.15, -0.1) is 11.3 Å². The molecule has 0 aliphatic carbocycles. The number of rotatable bonds is 5. The lowest BCUT2D eigenvalue weighted by molar-refractivity contribution is 0.206. The highest BCUT2D eigenvalue weighted by Crippen LogP contribution is 2.20. The number of nitrogens with one attached hydrogen (secondary N) is 1. The van der Waals surface area contributed by atoms with E-state index in [0.717, 1.165) is 22.6 Å². The zero-order valence-corrected chi connectivity index (χ0v) is 13.4. The SMILES string of the molecule is O=C(Nc1c(F)cccc1F)N(Cc1ccoc1)Cc1cccs1. The van der Waals surface area contributed by atoms with Gasteiger partial charge in [-0.25, -0.2) is 13.6 Å². The molecule has 2 heterocycles. The van der Waals surface area contributed by atoms with E-state index in [1.807, 2.05) is 17.5 Å². The number of hydrogen-bond donors (Lipinski definition) is 1. The molecule has 124 valence electrons. The molecule has 24 heavy (non-hydrogen) atoms. The smallest absolute Gasteiger partial charge is 0.322 e. The molecule has 0 atom stereocenters. The fourth-order valence-corrected chi connectivity index (χ4v) is 2.92. The minimum absolute atomic E-state index is 0.260. The Morgan fingerprint density at radius 3 is 2.54 bits per heavy atom. The van der Waals surface area contributed by atoms with Crippen molar-refractivity contribution in [3.8, 4) is 0 Å². The monoisotopic (exact) mass is 348 g/mol. The molecule has 2 aromatic heterocycles. The molecule has 7 heteroatoms. The highest BCUT2D eigenvalue weighted by molar-refractivity contribution is 7.09. The first-order valence-corrected chi connectivity index (χ1v) is 8.05. The zero-order chi connectivity index (χ0) is 16.9. The van der Waals surface area contributed by atoms with E-state index in [-0.39, 0.29) is 6.54 Å². The summed E-state index contributed by atoms with van der Waals surface area (Å²) in [6.07, 6.45) is 3.03. The largest absolute Gasteiger partial charge is 0.472 e. The molecule has 0 saturated carbocycles. The van der Waals surface area contributed by atoms with Crippen molar-refractivity contribution in [2.24, 2.45) is 0 Å². The second-order valence-corrected chi connectivity index (χ2v) is 6.13. The Hall–Kier alpha value is -2.67. The molecule has 0 saturated heterocycles. The number of anilines is 1. The summed E-state index contributed by atoms with van der Waals surface area (Å²) >= 11 is 1.50. The number of urea groups is 1. The molecule has 1 N–H and O–H groups in total. The van der Waals surface area contributed by atoms with E-state index in [2.05, 4.69) is 5.32 Å². The van der Waals surface area contributed by atoms with Gasteiger partial charge in [0.1, 0.15) is 17.3 Å². The second-order valence-electron chi connectivity index (χ2n) is 5.09. The molecule has 0 bridgehead atoms. The van der Waals surface area contributed by atoms with Gasteiger partial charge in [0.25, 0.3) is 0 Å². The fraction of sp³-hybridized carbons (Fsp3) is 0.118. The molecule has 0 spiro atoms. The molecular formula is C17H14F2N2O2S. The summed E-state index contributed by atoms with van der Waals surface area (Å²) in [4.78, 5) is 14.9. The third-order valence-corrected chi connectivity index (χ3v) is 4.22. The number of para-hydroxylation sites is 1. The third-order valence-electron chi connectivity index (χ3n) is 3.36. The number of hydrogen-bond acceptors (Lipinski definition) is 3. The average Bonchev–Trinajstić information content (AvgIpc) is 3.24. The molecule has 1 aromatic carbocycles. The average molecular weight is 348 g/mol.